The standard InChI is InChI=1S/C10H21NO5S/c1-10(2,3)16-9(13)7-17(14,15)6-8(11)4-5-12/h8,12H,4-7,11H2,1-3H3. The molecule has 0 aliphatic heterocycles. The normalized spacial score (nSPS) is 14.4. The van der Waals surface area contributed by atoms with E-state index in [-0.39, 0.29) is 18.8 Å². The molecule has 7 heteroatoms. The molecule has 102 valence electrons. The SMILES string of the molecule is CC(C)(C)OC(=O)CS(=O)(=O)CC(N)CCO. The highest BCUT2D eigenvalue weighted by Gasteiger charge is 2.24. The Morgan fingerprint density at radius 1 is 1.41 bits per heavy atom. The van der Waals surface area contributed by atoms with Gasteiger partial charge in [-0.15, -0.1) is 0 Å². The fraction of sp³-hybridized carbons (Fsp3) is 0.900. The molecule has 1 unspecified atom stereocenters. The predicted molar refractivity (Wildman–Crippen MR) is 64.2 cm³/mol. The highest BCUT2D eigenvalue weighted by atomic mass is 32.2. The van der Waals surface area contributed by atoms with Crippen molar-refractivity contribution in [3.8, 4) is 0 Å². The number of ether oxygens (including phenoxy) is 1. The van der Waals surface area contributed by atoms with E-state index >= 15 is 0 Å². The first kappa shape index (κ1) is 16.3. The van der Waals surface area contributed by atoms with Gasteiger partial charge in [-0.1, -0.05) is 0 Å². The van der Waals surface area contributed by atoms with Gasteiger partial charge in [0.05, 0.1) is 5.75 Å². The topological polar surface area (TPSA) is 107 Å². The van der Waals surface area contributed by atoms with Crippen molar-refractivity contribution in [2.24, 2.45) is 5.73 Å². The van der Waals surface area contributed by atoms with Crippen LogP contribution in [-0.2, 0) is 19.4 Å². The Morgan fingerprint density at radius 2 is 1.94 bits per heavy atom. The van der Waals surface area contributed by atoms with Crippen molar-refractivity contribution in [1.82, 2.24) is 0 Å². The van der Waals surface area contributed by atoms with Gasteiger partial charge in [-0.05, 0) is 27.2 Å². The minimum absolute atomic E-state index is 0.177. The quantitative estimate of drug-likeness (QED) is 0.625. The van der Waals surface area contributed by atoms with Crippen LogP contribution in [0.4, 0.5) is 0 Å². The number of carbonyl (C=O) groups is 1. The Balaban J connectivity index is 4.31. The van der Waals surface area contributed by atoms with Crippen LogP contribution in [0, 0.1) is 0 Å². The van der Waals surface area contributed by atoms with Gasteiger partial charge < -0.3 is 15.6 Å². The highest BCUT2D eigenvalue weighted by molar-refractivity contribution is 7.92. The first-order valence-electron chi connectivity index (χ1n) is 5.34. The monoisotopic (exact) mass is 267 g/mol. The number of aliphatic hydroxyl groups excluding tert-OH is 1. The van der Waals surface area contributed by atoms with Crippen LogP contribution in [0.2, 0.25) is 0 Å². The van der Waals surface area contributed by atoms with E-state index < -0.39 is 33.2 Å². The first-order chi connectivity index (χ1) is 7.56. The van der Waals surface area contributed by atoms with Gasteiger partial charge >= 0.3 is 5.97 Å². The third-order valence-electron chi connectivity index (χ3n) is 1.73. The van der Waals surface area contributed by atoms with E-state index in [1.165, 1.54) is 0 Å². The Bertz CT molecular complexity index is 344. The molecule has 0 rings (SSSR count). The number of carbonyl (C=O) groups excluding carboxylic acids is 1. The second-order valence-electron chi connectivity index (χ2n) is 4.91. The van der Waals surface area contributed by atoms with Crippen LogP contribution < -0.4 is 5.73 Å². The van der Waals surface area contributed by atoms with Crippen molar-refractivity contribution in [3.05, 3.63) is 0 Å². The summed E-state index contributed by atoms with van der Waals surface area (Å²) in [5.74, 6) is -1.79. The number of nitrogens with two attached hydrogens (primary N) is 1. The van der Waals surface area contributed by atoms with Crippen LogP contribution >= 0.6 is 0 Å². The average Bonchev–Trinajstić information content (AvgIpc) is 1.96. The van der Waals surface area contributed by atoms with Gasteiger partial charge in [-0.3, -0.25) is 4.79 Å². The molecule has 0 saturated carbocycles. The minimum Gasteiger partial charge on any atom is -0.459 e. The molecular formula is C10H21NO5S. The van der Waals surface area contributed by atoms with Crippen LogP contribution in [0.3, 0.4) is 0 Å². The number of sulfone groups is 1. The molecule has 0 aromatic carbocycles. The molecule has 1 atom stereocenters. The fourth-order valence-corrected chi connectivity index (χ4v) is 2.54. The largest absolute Gasteiger partial charge is 0.459 e. The van der Waals surface area contributed by atoms with E-state index in [0.717, 1.165) is 0 Å². The zero-order valence-electron chi connectivity index (χ0n) is 10.5. The maximum absolute atomic E-state index is 11.5. The van der Waals surface area contributed by atoms with Gasteiger partial charge in [0.1, 0.15) is 11.4 Å². The number of hydrogen-bond donors (Lipinski definition) is 2. The van der Waals surface area contributed by atoms with Crippen molar-refractivity contribution in [1.29, 1.82) is 0 Å². The van der Waals surface area contributed by atoms with E-state index in [4.69, 9.17) is 15.6 Å². The zero-order chi connectivity index (χ0) is 13.7. The molecule has 0 aromatic heterocycles. The minimum atomic E-state index is -3.59. The van der Waals surface area contributed by atoms with Crippen molar-refractivity contribution >= 4 is 15.8 Å². The summed E-state index contributed by atoms with van der Waals surface area (Å²) in [6.07, 6.45) is 0.188. The second kappa shape index (κ2) is 6.32. The van der Waals surface area contributed by atoms with Gasteiger partial charge in [0.25, 0.3) is 0 Å². The third kappa shape index (κ3) is 9.08. The summed E-state index contributed by atoms with van der Waals surface area (Å²) < 4.78 is 28.0. The van der Waals surface area contributed by atoms with Crippen LogP contribution in [0.1, 0.15) is 27.2 Å². The molecular weight excluding hydrogens is 246 g/mol. The maximum Gasteiger partial charge on any atom is 0.321 e. The number of hydrogen-bond acceptors (Lipinski definition) is 6. The molecule has 0 spiro atoms. The number of rotatable bonds is 6. The molecule has 0 bridgehead atoms. The molecule has 0 aromatic rings. The Kier molecular flexibility index (Phi) is 6.08. The molecule has 0 radical (unpaired) electrons. The molecule has 0 aliphatic carbocycles. The Labute approximate surface area is 102 Å². The molecule has 0 aliphatic rings. The Hall–Kier alpha value is -0.660. The van der Waals surface area contributed by atoms with Crippen LogP contribution in [0.15, 0.2) is 0 Å². The predicted octanol–water partition coefficient (Wildman–Crippen LogP) is -0.547. The van der Waals surface area contributed by atoms with Gasteiger partial charge in [0, 0.05) is 12.6 Å². The van der Waals surface area contributed by atoms with E-state index in [9.17, 15) is 13.2 Å². The van der Waals surface area contributed by atoms with Gasteiger partial charge in [0.2, 0.25) is 0 Å². The van der Waals surface area contributed by atoms with Crippen LogP contribution in [0.5, 0.6) is 0 Å². The van der Waals surface area contributed by atoms with Crippen molar-refractivity contribution in [3.63, 3.8) is 0 Å². The van der Waals surface area contributed by atoms with E-state index in [1.54, 1.807) is 20.8 Å². The van der Waals surface area contributed by atoms with Crippen molar-refractivity contribution < 1.29 is 23.1 Å². The van der Waals surface area contributed by atoms with Crippen LogP contribution in [-0.4, -0.2) is 49.2 Å². The molecule has 0 saturated heterocycles. The van der Waals surface area contributed by atoms with E-state index in [0.29, 0.717) is 0 Å². The summed E-state index contributed by atoms with van der Waals surface area (Å²) in [5, 5.41) is 8.60. The van der Waals surface area contributed by atoms with Gasteiger partial charge in [-0.25, -0.2) is 8.42 Å². The molecule has 6 nitrogen and oxygen atoms in total. The third-order valence-corrected chi connectivity index (χ3v) is 3.34. The lowest BCUT2D eigenvalue weighted by Crippen LogP contribution is -2.35. The maximum atomic E-state index is 11.5. The molecule has 0 heterocycles. The smallest absolute Gasteiger partial charge is 0.321 e. The second-order valence-corrected chi connectivity index (χ2v) is 7.02. The lowest BCUT2D eigenvalue weighted by atomic mass is 10.2. The molecule has 0 amide bonds. The lowest BCUT2D eigenvalue weighted by Gasteiger charge is -2.19. The molecule has 17 heavy (non-hydrogen) atoms. The van der Waals surface area contributed by atoms with Crippen molar-refractivity contribution in [2.45, 2.75) is 38.8 Å². The van der Waals surface area contributed by atoms with Gasteiger partial charge in [0.15, 0.2) is 9.84 Å². The molecule has 0 fully saturated rings. The summed E-state index contributed by atoms with van der Waals surface area (Å²) >= 11 is 0. The summed E-state index contributed by atoms with van der Waals surface area (Å²) in [4.78, 5) is 11.3. The Morgan fingerprint density at radius 3 is 2.35 bits per heavy atom. The summed E-state index contributed by atoms with van der Waals surface area (Å²) in [5.41, 5.74) is 4.77. The van der Waals surface area contributed by atoms with Crippen molar-refractivity contribution in [2.75, 3.05) is 18.1 Å². The zero-order valence-corrected chi connectivity index (χ0v) is 11.3. The highest BCUT2D eigenvalue weighted by Crippen LogP contribution is 2.08. The lowest BCUT2D eigenvalue weighted by molar-refractivity contribution is -0.151. The first-order valence-corrected chi connectivity index (χ1v) is 7.16. The summed E-state index contributed by atoms with van der Waals surface area (Å²) in [7, 11) is -3.59. The number of aliphatic hydroxyl groups is 1. The average molecular weight is 267 g/mol. The van der Waals surface area contributed by atoms with E-state index in [1.807, 2.05) is 0 Å². The van der Waals surface area contributed by atoms with Crippen LogP contribution in [0.25, 0.3) is 0 Å². The number of esters is 1. The van der Waals surface area contributed by atoms with Gasteiger partial charge in [-0.2, -0.15) is 0 Å². The van der Waals surface area contributed by atoms with E-state index in [2.05, 4.69) is 0 Å². The summed E-state index contributed by atoms with van der Waals surface area (Å²) in [6, 6.07) is -0.660. The summed E-state index contributed by atoms with van der Waals surface area (Å²) in [6.45, 7) is 4.81. The fourth-order valence-electron chi connectivity index (χ4n) is 1.18. The molecule has 3 N–H and O–H groups in total.